The topological polar surface area (TPSA) is 122 Å². The van der Waals surface area contributed by atoms with Gasteiger partial charge in [0.25, 0.3) is 5.56 Å². The van der Waals surface area contributed by atoms with Crippen LogP contribution in [0.15, 0.2) is 53.3 Å². The van der Waals surface area contributed by atoms with Crippen molar-refractivity contribution in [1.29, 1.82) is 0 Å². The van der Waals surface area contributed by atoms with Gasteiger partial charge in [0.2, 0.25) is 5.78 Å². The number of aromatic nitrogens is 1. The number of ketones is 1. The molecule has 1 heterocycles. The molecule has 0 spiro atoms. The summed E-state index contributed by atoms with van der Waals surface area (Å²) in [7, 11) is 1.53. The number of para-hydroxylation sites is 1. The number of halogens is 1. The molecule has 3 aromatic rings. The molecule has 0 saturated carbocycles. The first kappa shape index (κ1) is 23.6. The van der Waals surface area contributed by atoms with Crippen molar-refractivity contribution in [3.05, 3.63) is 75.8 Å². The Bertz CT molecular complexity index is 954. The Morgan fingerprint density at radius 3 is 2.20 bits per heavy atom. The third kappa shape index (κ3) is 4.21. The zero-order chi connectivity index (χ0) is 15.9. The van der Waals surface area contributed by atoms with E-state index in [4.69, 9.17) is 0 Å². The molecular formula is C17H16EuFNO5. The predicted molar refractivity (Wildman–Crippen MR) is 87.9 cm³/mol. The van der Waals surface area contributed by atoms with Gasteiger partial charge in [-0.05, 0) is 36.4 Å². The minimum atomic E-state index is -0.635. The molecule has 25 heavy (non-hydrogen) atoms. The van der Waals surface area contributed by atoms with Gasteiger partial charge in [-0.3, -0.25) is 9.59 Å². The van der Waals surface area contributed by atoms with E-state index in [0.29, 0.717) is 10.9 Å². The van der Waals surface area contributed by atoms with E-state index in [0.717, 1.165) is 12.1 Å². The number of aryl methyl sites for hydroxylation is 1. The maximum Gasteiger partial charge on any atom is 0.265 e. The van der Waals surface area contributed by atoms with Crippen LogP contribution in [-0.4, -0.2) is 26.4 Å². The second kappa shape index (κ2) is 9.31. The van der Waals surface area contributed by atoms with Crippen LogP contribution in [0.1, 0.15) is 15.9 Å². The van der Waals surface area contributed by atoms with Gasteiger partial charge in [-0.2, -0.15) is 0 Å². The molecule has 3 rings (SSSR count). The summed E-state index contributed by atoms with van der Waals surface area (Å²) in [5, 5.41) is 10.7. The molecule has 2 aromatic carbocycles. The van der Waals surface area contributed by atoms with E-state index in [1.165, 1.54) is 23.7 Å². The molecule has 0 aliphatic carbocycles. The van der Waals surface area contributed by atoms with Crippen molar-refractivity contribution in [2.45, 2.75) is 0 Å². The van der Waals surface area contributed by atoms with Crippen molar-refractivity contribution in [2.75, 3.05) is 0 Å². The SMILES string of the molecule is Cn1c(=O)c(C(=O)c2ccc(F)cc2)c(O)c2ccccc21.O.O.[Eu]. The monoisotopic (exact) mass is 486 g/mol. The average Bonchev–Trinajstić information content (AvgIpc) is 2.53. The Balaban J connectivity index is 0.00000192. The molecule has 8 heteroatoms. The average molecular weight is 485 g/mol. The first-order valence-corrected chi connectivity index (χ1v) is 6.61. The fourth-order valence-electron chi connectivity index (χ4n) is 2.43. The molecule has 0 amide bonds. The standard InChI is InChI=1S/C17H12FNO3.Eu.2H2O/c1-19-13-5-3-2-4-12(13)16(21)14(17(19)22)15(20)10-6-8-11(18)9-7-10;;;/h2-9,21H,1H3;;2*1H2. The summed E-state index contributed by atoms with van der Waals surface area (Å²) in [5.41, 5.74) is -0.233. The summed E-state index contributed by atoms with van der Waals surface area (Å²) in [6.45, 7) is 0. The van der Waals surface area contributed by atoms with Crippen molar-refractivity contribution in [2.24, 2.45) is 7.05 Å². The van der Waals surface area contributed by atoms with Gasteiger partial charge in [-0.15, -0.1) is 0 Å². The van der Waals surface area contributed by atoms with Crippen molar-refractivity contribution in [3.8, 4) is 5.75 Å². The van der Waals surface area contributed by atoms with Gasteiger partial charge in [0.05, 0.1) is 5.52 Å². The molecule has 6 nitrogen and oxygen atoms in total. The third-order valence-corrected chi connectivity index (χ3v) is 3.61. The summed E-state index contributed by atoms with van der Waals surface area (Å²) in [4.78, 5) is 24.9. The number of fused-ring (bicyclic) bond motifs is 1. The largest absolute Gasteiger partial charge is 0.506 e. The van der Waals surface area contributed by atoms with Gasteiger partial charge in [0.15, 0.2) is 0 Å². The van der Waals surface area contributed by atoms with Crippen molar-refractivity contribution in [1.82, 2.24) is 4.57 Å². The molecule has 0 bridgehead atoms. The van der Waals surface area contributed by atoms with E-state index in [2.05, 4.69) is 0 Å². The van der Waals surface area contributed by atoms with Crippen LogP contribution in [0, 0.1) is 55.2 Å². The van der Waals surface area contributed by atoms with E-state index < -0.39 is 17.2 Å². The quantitative estimate of drug-likeness (QED) is 0.545. The second-order valence-electron chi connectivity index (χ2n) is 4.94. The molecule has 0 aliphatic rings. The van der Waals surface area contributed by atoms with Crippen LogP contribution in [0.2, 0.25) is 0 Å². The van der Waals surface area contributed by atoms with E-state index >= 15 is 0 Å². The van der Waals surface area contributed by atoms with E-state index in [-0.39, 0.29) is 77.2 Å². The van der Waals surface area contributed by atoms with Gasteiger partial charge < -0.3 is 20.6 Å². The van der Waals surface area contributed by atoms with Gasteiger partial charge in [0, 0.05) is 67.4 Å². The van der Waals surface area contributed by atoms with E-state index in [1.807, 2.05) is 0 Å². The van der Waals surface area contributed by atoms with E-state index in [9.17, 15) is 19.1 Å². The Hall–Kier alpha value is -1.45. The molecule has 1 radical (unpaired) electrons. The minimum absolute atomic E-state index is 0. The molecule has 0 fully saturated rings. The minimum Gasteiger partial charge on any atom is -0.506 e. The number of aromatic hydroxyl groups is 1. The maximum absolute atomic E-state index is 13.0. The van der Waals surface area contributed by atoms with Crippen molar-refractivity contribution in [3.63, 3.8) is 0 Å². The molecule has 0 atom stereocenters. The fraction of sp³-hybridized carbons (Fsp3) is 0.0588. The molecule has 0 aliphatic heterocycles. The molecule has 5 N–H and O–H groups in total. The number of rotatable bonds is 2. The molecule has 1 aromatic heterocycles. The normalized spacial score (nSPS) is 9.52. The van der Waals surface area contributed by atoms with Crippen molar-refractivity contribution < 1.29 is 74.6 Å². The van der Waals surface area contributed by atoms with Gasteiger partial charge in [-0.1, -0.05) is 12.1 Å². The third-order valence-electron chi connectivity index (χ3n) is 3.61. The van der Waals surface area contributed by atoms with Crippen LogP contribution in [0.5, 0.6) is 5.75 Å². The fourth-order valence-corrected chi connectivity index (χ4v) is 2.43. The van der Waals surface area contributed by atoms with Crippen molar-refractivity contribution >= 4 is 16.7 Å². The zero-order valence-corrected chi connectivity index (χ0v) is 15.5. The number of nitrogens with zero attached hydrogens (tertiary/aromatic N) is 1. The van der Waals surface area contributed by atoms with Crippen LogP contribution < -0.4 is 5.56 Å². The molecular weight excluding hydrogens is 469 g/mol. The van der Waals surface area contributed by atoms with Crippen LogP contribution in [0.3, 0.4) is 0 Å². The molecule has 0 saturated heterocycles. The number of hydrogen-bond donors (Lipinski definition) is 1. The number of hydrogen-bond acceptors (Lipinski definition) is 3. The number of carbonyl (C=O) groups excluding carboxylic acids is 1. The van der Waals surface area contributed by atoms with Gasteiger partial charge in [0.1, 0.15) is 17.1 Å². The number of pyridine rings is 1. The molecule has 133 valence electrons. The summed E-state index contributed by atoms with van der Waals surface area (Å²) >= 11 is 0. The second-order valence-corrected chi connectivity index (χ2v) is 4.94. The Kier molecular flexibility index (Phi) is 8.77. The number of benzene rings is 2. The smallest absolute Gasteiger partial charge is 0.265 e. The van der Waals surface area contributed by atoms with Crippen LogP contribution in [-0.2, 0) is 7.05 Å². The number of carbonyl (C=O) groups is 1. The first-order valence-electron chi connectivity index (χ1n) is 6.61. The summed E-state index contributed by atoms with van der Waals surface area (Å²) in [5.74, 6) is -1.47. The van der Waals surface area contributed by atoms with Crippen LogP contribution in [0.4, 0.5) is 4.39 Å². The van der Waals surface area contributed by atoms with Gasteiger partial charge in [-0.25, -0.2) is 4.39 Å². The predicted octanol–water partition coefficient (Wildman–Crippen LogP) is 0.965. The summed E-state index contributed by atoms with van der Waals surface area (Å²) < 4.78 is 14.3. The first-order chi connectivity index (χ1) is 10.5. The molecule has 0 unspecified atom stereocenters. The van der Waals surface area contributed by atoms with Crippen LogP contribution >= 0.6 is 0 Å². The van der Waals surface area contributed by atoms with Crippen LogP contribution in [0.25, 0.3) is 10.9 Å². The Labute approximate surface area is 183 Å². The maximum atomic E-state index is 13.0. The Morgan fingerprint density at radius 2 is 1.60 bits per heavy atom. The van der Waals surface area contributed by atoms with E-state index in [1.54, 1.807) is 24.3 Å². The van der Waals surface area contributed by atoms with Gasteiger partial charge >= 0.3 is 0 Å². The zero-order valence-electron chi connectivity index (χ0n) is 13.1. The summed E-state index contributed by atoms with van der Waals surface area (Å²) in [6, 6.07) is 11.6. The Morgan fingerprint density at radius 1 is 1.04 bits per heavy atom. The summed E-state index contributed by atoms with van der Waals surface area (Å²) in [6.07, 6.45) is 0.